The van der Waals surface area contributed by atoms with Crippen molar-refractivity contribution in [3.05, 3.63) is 282 Å². The molecule has 1 spiro atoms. The van der Waals surface area contributed by atoms with Crippen LogP contribution >= 0.6 is 0 Å². The lowest BCUT2D eigenvalue weighted by Gasteiger charge is -2.34. The van der Waals surface area contributed by atoms with Crippen molar-refractivity contribution in [2.75, 3.05) is 4.90 Å². The fourth-order valence-corrected chi connectivity index (χ4v) is 12.3. The van der Waals surface area contributed by atoms with E-state index in [1.807, 2.05) is 0 Å². The van der Waals surface area contributed by atoms with Crippen LogP contribution in [0.25, 0.3) is 77.5 Å². The Morgan fingerprint density at radius 2 is 0.703 bits per heavy atom. The number of hydrogen-bond donors (Lipinski definition) is 0. The Morgan fingerprint density at radius 3 is 1.28 bits per heavy atom. The van der Waals surface area contributed by atoms with E-state index >= 15 is 0 Å². The van der Waals surface area contributed by atoms with Gasteiger partial charge in [0, 0.05) is 16.9 Å². The van der Waals surface area contributed by atoms with Gasteiger partial charge in [-0.3, -0.25) is 0 Å². The summed E-state index contributed by atoms with van der Waals surface area (Å²) >= 11 is 0. The molecule has 2 aliphatic rings. The first-order chi connectivity index (χ1) is 36.0. The molecule has 11 aromatic carbocycles. The molecule has 1 heteroatoms. The van der Waals surface area contributed by atoms with Crippen molar-refractivity contribution < 1.29 is 0 Å². The number of fused-ring (bicyclic) bond motifs is 11. The van der Waals surface area contributed by atoms with Crippen LogP contribution in [0, 0.1) is 0 Å². The molecular weight excluding hydrogens is 891 g/mol. The van der Waals surface area contributed by atoms with Crippen LogP contribution in [-0.4, -0.2) is 0 Å². The number of para-hydroxylation sites is 1. The van der Waals surface area contributed by atoms with Gasteiger partial charge in [0.15, 0.2) is 0 Å². The third kappa shape index (κ3) is 7.28. The Morgan fingerprint density at radius 1 is 0.284 bits per heavy atom. The van der Waals surface area contributed by atoms with E-state index in [1.54, 1.807) is 0 Å². The van der Waals surface area contributed by atoms with Crippen LogP contribution in [-0.2, 0) is 16.2 Å². The third-order valence-electron chi connectivity index (χ3n) is 16.0. The Bertz CT molecular complexity index is 3870. The molecule has 1 nitrogen and oxygen atoms in total. The van der Waals surface area contributed by atoms with E-state index in [0.29, 0.717) is 0 Å². The third-order valence-corrected chi connectivity index (χ3v) is 16.0. The van der Waals surface area contributed by atoms with E-state index in [2.05, 4.69) is 295 Å². The van der Waals surface area contributed by atoms with Crippen LogP contribution in [0.4, 0.5) is 17.1 Å². The highest BCUT2D eigenvalue weighted by Gasteiger charge is 2.52. The van der Waals surface area contributed by atoms with Crippen LogP contribution in [0.2, 0.25) is 0 Å². The molecular formula is C73H59N. The highest BCUT2D eigenvalue weighted by molar-refractivity contribution is 6.09. The summed E-state index contributed by atoms with van der Waals surface area (Å²) in [5.41, 5.74) is 25.6. The SMILES string of the molecule is CC(C)(C)c1ccc2c(c1)C1(c3ccccc3-c3ccc(N(c4ccc(-c5ccc(-c6ccccc6)cc5)cc4)c4ccccc4-c4cccc5cccc(-c6ccccc6)c45)cc31)c1cc(C(C)(C)C)ccc1-2. The molecule has 0 aliphatic heterocycles. The first-order valence-electron chi connectivity index (χ1n) is 26.2. The number of rotatable bonds is 7. The van der Waals surface area contributed by atoms with Crippen LogP contribution in [0.5, 0.6) is 0 Å². The molecule has 0 bridgehead atoms. The maximum Gasteiger partial charge on any atom is 0.0726 e. The van der Waals surface area contributed by atoms with Gasteiger partial charge in [0.05, 0.1) is 11.1 Å². The summed E-state index contributed by atoms with van der Waals surface area (Å²) in [6.07, 6.45) is 0. The van der Waals surface area contributed by atoms with Gasteiger partial charge in [-0.25, -0.2) is 0 Å². The largest absolute Gasteiger partial charge is 0.310 e. The quantitative estimate of drug-likeness (QED) is 0.154. The Kier molecular flexibility index (Phi) is 10.6. The van der Waals surface area contributed by atoms with Crippen molar-refractivity contribution in [3.63, 3.8) is 0 Å². The standard InChI is InChI=1S/C73H59N/c1-71(2,3)54-37-42-60-61-43-38-55(72(4,5)6)46-67(61)73(66(60)45-54)65-29-15-13-25-59(65)62-44-41-57(47-68(62)73)74(56-39-35-51(36-40-56)50-33-31-49(32-34-50)48-19-9-7-10-20-48)69-30-16-14-26-63(69)64-28-18-24-53-23-17-27-58(70(53)64)52-21-11-8-12-22-52/h7-47H,1-6H3. The van der Waals surface area contributed by atoms with Gasteiger partial charge in [-0.1, -0.05) is 260 Å². The van der Waals surface area contributed by atoms with Crippen LogP contribution in [0.3, 0.4) is 0 Å². The van der Waals surface area contributed by atoms with Gasteiger partial charge < -0.3 is 4.90 Å². The molecule has 0 heterocycles. The molecule has 11 aromatic rings. The molecule has 2 aliphatic carbocycles. The van der Waals surface area contributed by atoms with Gasteiger partial charge >= 0.3 is 0 Å². The number of anilines is 3. The summed E-state index contributed by atoms with van der Waals surface area (Å²) in [6.45, 7) is 14.1. The highest BCUT2D eigenvalue weighted by atomic mass is 15.1. The number of benzene rings is 11. The van der Waals surface area contributed by atoms with Gasteiger partial charge in [0.25, 0.3) is 0 Å². The second kappa shape index (κ2) is 17.3. The molecule has 0 N–H and O–H groups in total. The predicted octanol–water partition coefficient (Wildman–Crippen LogP) is 19.9. The Hall–Kier alpha value is -8.52. The minimum Gasteiger partial charge on any atom is -0.310 e. The molecule has 13 rings (SSSR count). The zero-order valence-corrected chi connectivity index (χ0v) is 43.1. The molecule has 74 heavy (non-hydrogen) atoms. The minimum absolute atomic E-state index is 0.0387. The van der Waals surface area contributed by atoms with Crippen LogP contribution < -0.4 is 4.90 Å². The maximum absolute atomic E-state index is 2.55. The van der Waals surface area contributed by atoms with Crippen molar-refractivity contribution in [2.24, 2.45) is 0 Å². The van der Waals surface area contributed by atoms with Crippen molar-refractivity contribution >= 4 is 27.8 Å². The van der Waals surface area contributed by atoms with Crippen LogP contribution in [0.1, 0.15) is 74.9 Å². The summed E-state index contributed by atoms with van der Waals surface area (Å²) in [7, 11) is 0. The lowest BCUT2D eigenvalue weighted by molar-refractivity contribution is 0.586. The topological polar surface area (TPSA) is 3.24 Å². The predicted molar refractivity (Wildman–Crippen MR) is 314 cm³/mol. The molecule has 0 amide bonds. The Balaban J connectivity index is 1.06. The average Bonchev–Trinajstić information content (AvgIpc) is 3.90. The van der Waals surface area contributed by atoms with Crippen LogP contribution in [0.15, 0.2) is 249 Å². The van der Waals surface area contributed by atoms with Gasteiger partial charge in [-0.05, 0) is 147 Å². The molecule has 0 aromatic heterocycles. The minimum atomic E-state index is -0.545. The molecule has 356 valence electrons. The number of hydrogen-bond acceptors (Lipinski definition) is 1. The molecule has 0 unspecified atom stereocenters. The second-order valence-corrected chi connectivity index (χ2v) is 22.5. The van der Waals surface area contributed by atoms with Gasteiger partial charge in [-0.2, -0.15) is 0 Å². The fraction of sp³-hybridized carbons (Fsp3) is 0.123. The monoisotopic (exact) mass is 949 g/mol. The summed E-state index contributed by atoms with van der Waals surface area (Å²) in [6, 6.07) is 93.4. The van der Waals surface area contributed by atoms with E-state index in [-0.39, 0.29) is 10.8 Å². The second-order valence-electron chi connectivity index (χ2n) is 22.5. The maximum atomic E-state index is 2.55. The first-order valence-corrected chi connectivity index (χ1v) is 26.2. The summed E-state index contributed by atoms with van der Waals surface area (Å²) in [5, 5.41) is 2.46. The summed E-state index contributed by atoms with van der Waals surface area (Å²) < 4.78 is 0. The lowest BCUT2D eigenvalue weighted by Crippen LogP contribution is -2.27. The Labute approximate surface area is 437 Å². The van der Waals surface area contributed by atoms with E-state index < -0.39 is 5.41 Å². The normalized spacial score (nSPS) is 13.1. The average molecular weight is 950 g/mol. The van der Waals surface area contributed by atoms with E-state index in [9.17, 15) is 0 Å². The van der Waals surface area contributed by atoms with Crippen molar-refractivity contribution in [3.8, 4) is 66.8 Å². The molecule has 0 saturated carbocycles. The first kappa shape index (κ1) is 45.4. The van der Waals surface area contributed by atoms with Crippen molar-refractivity contribution in [1.82, 2.24) is 0 Å². The van der Waals surface area contributed by atoms with E-state index in [4.69, 9.17) is 0 Å². The summed E-state index contributed by atoms with van der Waals surface area (Å²) in [4.78, 5) is 2.52. The highest BCUT2D eigenvalue weighted by Crippen LogP contribution is 2.64. The number of nitrogens with zero attached hydrogens (tertiary/aromatic N) is 1. The zero-order chi connectivity index (χ0) is 50.3. The zero-order valence-electron chi connectivity index (χ0n) is 43.1. The summed E-state index contributed by atoms with van der Waals surface area (Å²) in [5.74, 6) is 0. The van der Waals surface area contributed by atoms with Gasteiger partial charge in [0.2, 0.25) is 0 Å². The molecule has 0 saturated heterocycles. The van der Waals surface area contributed by atoms with Crippen molar-refractivity contribution in [1.29, 1.82) is 0 Å². The van der Waals surface area contributed by atoms with E-state index in [1.165, 1.54) is 111 Å². The van der Waals surface area contributed by atoms with Gasteiger partial charge in [0.1, 0.15) is 0 Å². The molecule has 0 radical (unpaired) electrons. The molecule has 0 fully saturated rings. The lowest BCUT2D eigenvalue weighted by atomic mass is 9.68. The fourth-order valence-electron chi connectivity index (χ4n) is 12.3. The smallest absolute Gasteiger partial charge is 0.0726 e. The van der Waals surface area contributed by atoms with Crippen molar-refractivity contribution in [2.45, 2.75) is 57.8 Å². The van der Waals surface area contributed by atoms with Gasteiger partial charge in [-0.15, -0.1) is 0 Å². The van der Waals surface area contributed by atoms with E-state index in [0.717, 1.165) is 17.1 Å². The molecule has 0 atom stereocenters.